The van der Waals surface area contributed by atoms with E-state index < -0.39 is 5.60 Å². The molecule has 0 radical (unpaired) electrons. The quantitative estimate of drug-likeness (QED) is 0.860. The molecule has 0 fully saturated rings. The van der Waals surface area contributed by atoms with E-state index in [2.05, 4.69) is 13.8 Å². The molecule has 0 spiro atoms. The second-order valence-corrected chi connectivity index (χ2v) is 4.67. The average Bonchev–Trinajstić information content (AvgIpc) is 2.29. The van der Waals surface area contributed by atoms with Gasteiger partial charge in [0.2, 0.25) is 0 Å². The fourth-order valence-corrected chi connectivity index (χ4v) is 1.57. The predicted octanol–water partition coefficient (Wildman–Crippen LogP) is 4.07. The van der Waals surface area contributed by atoms with Crippen LogP contribution in [0.5, 0.6) is 5.75 Å². The van der Waals surface area contributed by atoms with Gasteiger partial charge in [-0.2, -0.15) is 0 Å². The van der Waals surface area contributed by atoms with E-state index in [0.29, 0.717) is 5.92 Å². The lowest BCUT2D eigenvalue weighted by molar-refractivity contribution is 0.0784. The summed E-state index contributed by atoms with van der Waals surface area (Å²) in [6.07, 6.45) is 0. The highest BCUT2D eigenvalue weighted by Gasteiger charge is 2.18. The van der Waals surface area contributed by atoms with Crippen LogP contribution in [-0.4, -0.2) is 12.2 Å². The summed E-state index contributed by atoms with van der Waals surface area (Å²) >= 11 is 0. The molecule has 0 aromatic heterocycles. The van der Waals surface area contributed by atoms with Gasteiger partial charge in [0.15, 0.2) is 0 Å². The van der Waals surface area contributed by atoms with Gasteiger partial charge in [-0.1, -0.05) is 33.8 Å². The highest BCUT2D eigenvalue weighted by Crippen LogP contribution is 2.31. The SMILES string of the molecule is CC.COc1ccc(C(C)(C)O)cc1C(C)C. The van der Waals surface area contributed by atoms with Crippen LogP contribution in [0.1, 0.15) is 58.6 Å². The van der Waals surface area contributed by atoms with Gasteiger partial charge in [0.1, 0.15) is 5.75 Å². The first-order chi connectivity index (χ1) is 7.86. The Hall–Kier alpha value is -1.02. The van der Waals surface area contributed by atoms with Crippen LogP contribution in [0.3, 0.4) is 0 Å². The molecule has 1 aromatic carbocycles. The summed E-state index contributed by atoms with van der Waals surface area (Å²) in [7, 11) is 1.67. The largest absolute Gasteiger partial charge is 0.496 e. The number of ether oxygens (including phenoxy) is 1. The number of hydrogen-bond donors (Lipinski definition) is 1. The van der Waals surface area contributed by atoms with E-state index >= 15 is 0 Å². The molecule has 1 N–H and O–H groups in total. The van der Waals surface area contributed by atoms with E-state index in [1.54, 1.807) is 21.0 Å². The number of methoxy groups -OCH3 is 1. The molecule has 98 valence electrons. The Balaban J connectivity index is 0.00000121. The average molecular weight is 238 g/mol. The van der Waals surface area contributed by atoms with E-state index in [1.807, 2.05) is 32.0 Å². The minimum absolute atomic E-state index is 0.391. The zero-order valence-electron chi connectivity index (χ0n) is 12.2. The third-order valence-electron chi connectivity index (χ3n) is 2.56. The third-order valence-corrected chi connectivity index (χ3v) is 2.56. The standard InChI is InChI=1S/C13H20O2.C2H6/c1-9(2)11-8-10(13(3,4)14)6-7-12(11)15-5;1-2/h6-9,14H,1-5H3;1-2H3. The molecule has 17 heavy (non-hydrogen) atoms. The smallest absolute Gasteiger partial charge is 0.122 e. The lowest BCUT2D eigenvalue weighted by atomic mass is 9.92. The van der Waals surface area contributed by atoms with E-state index in [1.165, 1.54) is 0 Å². The maximum absolute atomic E-state index is 9.92. The minimum atomic E-state index is -0.796. The first-order valence-corrected chi connectivity index (χ1v) is 6.27. The Morgan fingerprint density at radius 2 is 1.71 bits per heavy atom. The van der Waals surface area contributed by atoms with Gasteiger partial charge in [-0.15, -0.1) is 0 Å². The molecule has 0 amide bonds. The highest BCUT2D eigenvalue weighted by molar-refractivity contribution is 5.40. The molecule has 2 heteroatoms. The van der Waals surface area contributed by atoms with Crippen molar-refractivity contribution in [2.24, 2.45) is 0 Å². The Bertz CT molecular complexity index is 335. The summed E-state index contributed by atoms with van der Waals surface area (Å²) in [5.74, 6) is 1.28. The molecule has 0 saturated carbocycles. The Kier molecular flexibility index (Phi) is 6.25. The summed E-state index contributed by atoms with van der Waals surface area (Å²) in [6, 6.07) is 5.84. The lowest BCUT2D eigenvalue weighted by Gasteiger charge is -2.21. The van der Waals surface area contributed by atoms with Crippen LogP contribution in [0.25, 0.3) is 0 Å². The lowest BCUT2D eigenvalue weighted by Crippen LogP contribution is -2.16. The molecular formula is C15H26O2. The Morgan fingerprint density at radius 3 is 2.06 bits per heavy atom. The molecule has 0 heterocycles. The van der Waals surface area contributed by atoms with Gasteiger partial charge in [-0.05, 0) is 43.0 Å². The molecule has 1 rings (SSSR count). The maximum Gasteiger partial charge on any atom is 0.122 e. The molecule has 0 aliphatic rings. The van der Waals surface area contributed by atoms with Gasteiger partial charge < -0.3 is 9.84 Å². The van der Waals surface area contributed by atoms with E-state index in [0.717, 1.165) is 16.9 Å². The van der Waals surface area contributed by atoms with E-state index in [9.17, 15) is 5.11 Å². The molecule has 0 aliphatic heterocycles. The monoisotopic (exact) mass is 238 g/mol. The van der Waals surface area contributed by atoms with Gasteiger partial charge >= 0.3 is 0 Å². The minimum Gasteiger partial charge on any atom is -0.496 e. The van der Waals surface area contributed by atoms with E-state index in [-0.39, 0.29) is 0 Å². The zero-order chi connectivity index (χ0) is 13.6. The summed E-state index contributed by atoms with van der Waals surface area (Å²) in [5.41, 5.74) is 1.26. The molecule has 1 aromatic rings. The topological polar surface area (TPSA) is 29.5 Å². The van der Waals surface area contributed by atoms with Crippen LogP contribution < -0.4 is 4.74 Å². The van der Waals surface area contributed by atoms with Crippen LogP contribution in [-0.2, 0) is 5.60 Å². The van der Waals surface area contributed by atoms with E-state index in [4.69, 9.17) is 4.74 Å². The van der Waals surface area contributed by atoms with Crippen molar-refractivity contribution in [2.75, 3.05) is 7.11 Å². The van der Waals surface area contributed by atoms with Crippen LogP contribution in [0.15, 0.2) is 18.2 Å². The molecule has 2 nitrogen and oxygen atoms in total. The van der Waals surface area contributed by atoms with Crippen molar-refractivity contribution in [3.8, 4) is 5.75 Å². The molecule has 0 atom stereocenters. The van der Waals surface area contributed by atoms with Crippen molar-refractivity contribution in [1.82, 2.24) is 0 Å². The Labute approximate surface area is 106 Å². The van der Waals surface area contributed by atoms with Gasteiger partial charge in [0.25, 0.3) is 0 Å². The van der Waals surface area contributed by atoms with Gasteiger partial charge in [-0.3, -0.25) is 0 Å². The second kappa shape index (κ2) is 6.65. The van der Waals surface area contributed by atoms with Crippen molar-refractivity contribution in [2.45, 2.75) is 53.1 Å². The maximum atomic E-state index is 9.92. The number of hydrogen-bond acceptors (Lipinski definition) is 2. The van der Waals surface area contributed by atoms with Crippen LogP contribution in [0.2, 0.25) is 0 Å². The van der Waals surface area contributed by atoms with Crippen LogP contribution in [0, 0.1) is 0 Å². The number of benzene rings is 1. The number of aliphatic hydroxyl groups is 1. The molecular weight excluding hydrogens is 212 g/mol. The Morgan fingerprint density at radius 1 is 1.18 bits per heavy atom. The van der Waals surface area contributed by atoms with Crippen molar-refractivity contribution in [1.29, 1.82) is 0 Å². The molecule has 0 saturated heterocycles. The summed E-state index contributed by atoms with van der Waals surface area (Å²) in [6.45, 7) is 11.8. The van der Waals surface area contributed by atoms with Crippen molar-refractivity contribution in [3.63, 3.8) is 0 Å². The summed E-state index contributed by atoms with van der Waals surface area (Å²) in [5, 5.41) is 9.92. The molecule has 0 aliphatic carbocycles. The first kappa shape index (κ1) is 16.0. The summed E-state index contributed by atoms with van der Waals surface area (Å²) in [4.78, 5) is 0. The third kappa shape index (κ3) is 4.39. The second-order valence-electron chi connectivity index (χ2n) is 4.67. The van der Waals surface area contributed by atoms with Crippen LogP contribution in [0.4, 0.5) is 0 Å². The predicted molar refractivity (Wildman–Crippen MR) is 73.7 cm³/mol. The highest BCUT2D eigenvalue weighted by atomic mass is 16.5. The normalized spacial score (nSPS) is 10.9. The fourth-order valence-electron chi connectivity index (χ4n) is 1.57. The van der Waals surface area contributed by atoms with Gasteiger partial charge in [0, 0.05) is 0 Å². The first-order valence-electron chi connectivity index (χ1n) is 6.27. The van der Waals surface area contributed by atoms with Crippen LogP contribution >= 0.6 is 0 Å². The number of rotatable bonds is 3. The van der Waals surface area contributed by atoms with Gasteiger partial charge in [-0.25, -0.2) is 0 Å². The molecule has 0 unspecified atom stereocenters. The fraction of sp³-hybridized carbons (Fsp3) is 0.600. The van der Waals surface area contributed by atoms with Gasteiger partial charge in [0.05, 0.1) is 12.7 Å². The summed E-state index contributed by atoms with van der Waals surface area (Å²) < 4.78 is 5.29. The van der Waals surface area contributed by atoms with Crippen molar-refractivity contribution >= 4 is 0 Å². The van der Waals surface area contributed by atoms with Crippen molar-refractivity contribution < 1.29 is 9.84 Å². The molecule has 0 bridgehead atoms. The van der Waals surface area contributed by atoms with Crippen molar-refractivity contribution in [3.05, 3.63) is 29.3 Å². The zero-order valence-corrected chi connectivity index (χ0v) is 12.2.